The van der Waals surface area contributed by atoms with Gasteiger partial charge in [0.05, 0.1) is 18.2 Å². The highest BCUT2D eigenvalue weighted by Crippen LogP contribution is 2.37. The average Bonchev–Trinajstić information content (AvgIpc) is 2.85. The summed E-state index contributed by atoms with van der Waals surface area (Å²) >= 11 is 6.28. The molecule has 0 spiro atoms. The van der Waals surface area contributed by atoms with E-state index in [1.807, 2.05) is 43.3 Å². The third-order valence-corrected chi connectivity index (χ3v) is 4.22. The molecule has 3 rings (SSSR count). The van der Waals surface area contributed by atoms with Gasteiger partial charge in [-0.15, -0.1) is 0 Å². The minimum Gasteiger partial charge on any atom is -0.489 e. The molecule has 25 heavy (non-hydrogen) atoms. The van der Waals surface area contributed by atoms with E-state index >= 15 is 0 Å². The standard InChI is InChI=1S/C19H21ClN2O3/c1-22(2)15-6-3-5-14(11-15)19(23)21-12-13-9-16(20)18-17(10-13)24-7-4-8-25-18/h3,5-6,9-11H,4,7-8,12H2,1-2H3,(H,21,23). The summed E-state index contributed by atoms with van der Waals surface area (Å²) in [5.74, 6) is 1.07. The number of amides is 1. The summed E-state index contributed by atoms with van der Waals surface area (Å²) in [7, 11) is 3.88. The zero-order valence-corrected chi connectivity index (χ0v) is 15.1. The Kier molecular flexibility index (Phi) is 5.34. The van der Waals surface area contributed by atoms with Crippen LogP contribution >= 0.6 is 11.6 Å². The van der Waals surface area contributed by atoms with Crippen LogP contribution in [0, 0.1) is 0 Å². The fourth-order valence-electron chi connectivity index (χ4n) is 2.60. The van der Waals surface area contributed by atoms with Crippen molar-refractivity contribution in [1.29, 1.82) is 0 Å². The number of hydrogen-bond donors (Lipinski definition) is 1. The lowest BCUT2D eigenvalue weighted by Gasteiger charge is -2.14. The fraction of sp³-hybridized carbons (Fsp3) is 0.316. The maximum atomic E-state index is 12.4. The Morgan fingerprint density at radius 2 is 2.00 bits per heavy atom. The molecule has 1 amide bonds. The number of nitrogens with one attached hydrogen (secondary N) is 1. The van der Waals surface area contributed by atoms with Crippen molar-refractivity contribution >= 4 is 23.2 Å². The van der Waals surface area contributed by atoms with Crippen molar-refractivity contribution in [3.05, 3.63) is 52.5 Å². The number of benzene rings is 2. The molecule has 0 radical (unpaired) electrons. The molecular weight excluding hydrogens is 340 g/mol. The first kappa shape index (κ1) is 17.4. The van der Waals surface area contributed by atoms with E-state index in [1.54, 1.807) is 12.1 Å². The highest BCUT2D eigenvalue weighted by molar-refractivity contribution is 6.32. The van der Waals surface area contributed by atoms with Crippen LogP contribution in [0.4, 0.5) is 5.69 Å². The van der Waals surface area contributed by atoms with Gasteiger partial charge in [-0.3, -0.25) is 4.79 Å². The predicted octanol–water partition coefficient (Wildman–Crippen LogP) is 3.50. The summed E-state index contributed by atoms with van der Waals surface area (Å²) in [6, 6.07) is 11.1. The molecule has 5 nitrogen and oxygen atoms in total. The van der Waals surface area contributed by atoms with Crippen LogP contribution < -0.4 is 19.7 Å². The average molecular weight is 361 g/mol. The number of nitrogens with zero attached hydrogens (tertiary/aromatic N) is 1. The molecular formula is C19H21ClN2O3. The number of carbonyl (C=O) groups is 1. The van der Waals surface area contributed by atoms with Crippen LogP contribution in [0.2, 0.25) is 5.02 Å². The van der Waals surface area contributed by atoms with Crippen LogP contribution in [0.15, 0.2) is 36.4 Å². The highest BCUT2D eigenvalue weighted by Gasteiger charge is 2.16. The lowest BCUT2D eigenvalue weighted by atomic mass is 10.1. The lowest BCUT2D eigenvalue weighted by molar-refractivity contribution is 0.0951. The van der Waals surface area contributed by atoms with E-state index in [2.05, 4.69) is 5.32 Å². The number of carbonyl (C=O) groups excluding carboxylic acids is 1. The molecule has 0 fully saturated rings. The van der Waals surface area contributed by atoms with Gasteiger partial charge >= 0.3 is 0 Å². The van der Waals surface area contributed by atoms with Crippen molar-refractivity contribution in [3.8, 4) is 11.5 Å². The first-order valence-corrected chi connectivity index (χ1v) is 8.56. The Morgan fingerprint density at radius 1 is 1.20 bits per heavy atom. The lowest BCUT2D eigenvalue weighted by Crippen LogP contribution is -2.23. The first-order valence-electron chi connectivity index (χ1n) is 8.18. The van der Waals surface area contributed by atoms with Crippen LogP contribution in [0.3, 0.4) is 0 Å². The van der Waals surface area contributed by atoms with Gasteiger partial charge < -0.3 is 19.7 Å². The fourth-order valence-corrected chi connectivity index (χ4v) is 2.88. The summed E-state index contributed by atoms with van der Waals surface area (Å²) in [6.45, 7) is 1.54. The summed E-state index contributed by atoms with van der Waals surface area (Å²) in [5, 5.41) is 3.42. The number of ether oxygens (including phenoxy) is 2. The van der Waals surface area contributed by atoms with Crippen molar-refractivity contribution in [2.75, 3.05) is 32.2 Å². The molecule has 0 unspecified atom stereocenters. The van der Waals surface area contributed by atoms with E-state index in [1.165, 1.54) is 0 Å². The zero-order chi connectivity index (χ0) is 17.8. The van der Waals surface area contributed by atoms with Gasteiger partial charge in [0.1, 0.15) is 0 Å². The van der Waals surface area contributed by atoms with Gasteiger partial charge in [-0.05, 0) is 35.9 Å². The number of hydrogen-bond acceptors (Lipinski definition) is 4. The van der Waals surface area contributed by atoms with Crippen molar-refractivity contribution in [1.82, 2.24) is 5.32 Å². The van der Waals surface area contributed by atoms with Gasteiger partial charge in [-0.2, -0.15) is 0 Å². The minimum absolute atomic E-state index is 0.132. The van der Waals surface area contributed by atoms with Gasteiger partial charge in [-0.25, -0.2) is 0 Å². The van der Waals surface area contributed by atoms with Gasteiger partial charge in [0.25, 0.3) is 5.91 Å². The second kappa shape index (κ2) is 7.66. The Labute approximate surface area is 152 Å². The van der Waals surface area contributed by atoms with Crippen molar-refractivity contribution in [2.24, 2.45) is 0 Å². The van der Waals surface area contributed by atoms with Crippen molar-refractivity contribution < 1.29 is 14.3 Å². The monoisotopic (exact) mass is 360 g/mol. The molecule has 0 saturated carbocycles. The molecule has 1 N–H and O–H groups in total. The molecule has 1 aliphatic heterocycles. The van der Waals surface area contributed by atoms with Crippen molar-refractivity contribution in [3.63, 3.8) is 0 Å². The zero-order valence-electron chi connectivity index (χ0n) is 14.3. The summed E-state index contributed by atoms with van der Waals surface area (Å²) in [6.07, 6.45) is 0.819. The smallest absolute Gasteiger partial charge is 0.251 e. The first-order chi connectivity index (χ1) is 12.0. The van der Waals surface area contributed by atoms with Crippen LogP contribution in [0.25, 0.3) is 0 Å². The largest absolute Gasteiger partial charge is 0.489 e. The second-order valence-corrected chi connectivity index (χ2v) is 6.49. The third-order valence-electron chi connectivity index (χ3n) is 3.94. The van der Waals surface area contributed by atoms with Crippen LogP contribution in [0.1, 0.15) is 22.3 Å². The van der Waals surface area contributed by atoms with Gasteiger partial charge in [-0.1, -0.05) is 17.7 Å². The number of halogens is 1. The minimum atomic E-state index is -0.132. The molecule has 0 saturated heterocycles. The van der Waals surface area contributed by atoms with Gasteiger partial charge in [0.15, 0.2) is 11.5 Å². The molecule has 1 aliphatic rings. The summed E-state index contributed by atoms with van der Waals surface area (Å²) in [5.41, 5.74) is 2.46. The Hall–Kier alpha value is -2.40. The van der Waals surface area contributed by atoms with E-state index in [0.717, 1.165) is 17.7 Å². The topological polar surface area (TPSA) is 50.8 Å². The Balaban J connectivity index is 1.71. The van der Waals surface area contributed by atoms with Crippen LogP contribution in [-0.2, 0) is 6.54 Å². The van der Waals surface area contributed by atoms with E-state index in [9.17, 15) is 4.79 Å². The van der Waals surface area contributed by atoms with Gasteiger partial charge in [0, 0.05) is 38.3 Å². The number of rotatable bonds is 4. The summed E-state index contributed by atoms with van der Waals surface area (Å²) < 4.78 is 11.3. The highest BCUT2D eigenvalue weighted by atomic mass is 35.5. The van der Waals surface area contributed by atoms with E-state index < -0.39 is 0 Å². The second-order valence-electron chi connectivity index (χ2n) is 6.08. The van der Waals surface area contributed by atoms with Gasteiger partial charge in [0.2, 0.25) is 0 Å². The SMILES string of the molecule is CN(C)c1cccc(C(=O)NCc2cc(Cl)c3c(c2)OCCCO3)c1. The Bertz CT molecular complexity index is 777. The predicted molar refractivity (Wildman–Crippen MR) is 99.0 cm³/mol. The van der Waals surface area contributed by atoms with Crippen molar-refractivity contribution in [2.45, 2.75) is 13.0 Å². The molecule has 0 bridgehead atoms. The maximum Gasteiger partial charge on any atom is 0.251 e. The number of fused-ring (bicyclic) bond motifs is 1. The molecule has 1 heterocycles. The molecule has 2 aromatic carbocycles. The van der Waals surface area contributed by atoms with E-state index in [4.69, 9.17) is 21.1 Å². The molecule has 0 atom stereocenters. The number of anilines is 1. The summed E-state index contributed by atoms with van der Waals surface area (Å²) in [4.78, 5) is 14.4. The van der Waals surface area contributed by atoms with E-state index in [0.29, 0.717) is 41.8 Å². The quantitative estimate of drug-likeness (QED) is 0.906. The molecule has 6 heteroatoms. The molecule has 2 aromatic rings. The van der Waals surface area contributed by atoms with E-state index in [-0.39, 0.29) is 5.91 Å². The van der Waals surface area contributed by atoms with Crippen LogP contribution in [0.5, 0.6) is 11.5 Å². The molecule has 132 valence electrons. The normalized spacial score (nSPS) is 13.1. The van der Waals surface area contributed by atoms with Crippen LogP contribution in [-0.4, -0.2) is 33.2 Å². The Morgan fingerprint density at radius 3 is 2.80 bits per heavy atom. The molecule has 0 aliphatic carbocycles. The molecule has 0 aromatic heterocycles. The maximum absolute atomic E-state index is 12.4. The third kappa shape index (κ3) is 4.17.